The van der Waals surface area contributed by atoms with Crippen LogP contribution in [0.2, 0.25) is 25.7 Å². The molecular formula is C9H21NO2Si2. The van der Waals surface area contributed by atoms with Crippen LogP contribution in [0.5, 0.6) is 0 Å². The van der Waals surface area contributed by atoms with Crippen molar-refractivity contribution in [1.29, 1.82) is 0 Å². The molecule has 0 unspecified atom stereocenters. The molecule has 0 spiro atoms. The molecule has 1 amide bonds. The number of hydrogen-bond acceptors (Lipinski definition) is 2. The van der Waals surface area contributed by atoms with Crippen LogP contribution in [0.3, 0.4) is 0 Å². The zero-order valence-corrected chi connectivity index (χ0v) is 12.6. The molecule has 0 atom stereocenters. The number of carbonyl (C=O) groups is 1. The Kier molecular flexibility index (Phi) is 5.79. The average Bonchev–Trinajstić information content (AvgIpc) is 2.01. The normalized spacial score (nSPS) is 12.9. The summed E-state index contributed by atoms with van der Waals surface area (Å²) < 4.78 is 5.54. The highest BCUT2D eigenvalue weighted by Gasteiger charge is 2.15. The summed E-state index contributed by atoms with van der Waals surface area (Å²) in [5.41, 5.74) is 5.87. The van der Waals surface area contributed by atoms with E-state index >= 15 is 0 Å². The van der Waals surface area contributed by atoms with Crippen LogP contribution in [0, 0.1) is 0 Å². The van der Waals surface area contributed by atoms with Crippen molar-refractivity contribution in [2.24, 2.45) is 5.73 Å². The molecule has 2 N–H and O–H groups in total. The molecule has 14 heavy (non-hydrogen) atoms. The fourth-order valence-corrected chi connectivity index (χ4v) is 1.70. The molecule has 0 radical (unpaired) electrons. The Bertz CT molecular complexity index is 221. The Balaban J connectivity index is 4.26. The number of amides is 1. The minimum Gasteiger partial charge on any atom is -0.549 e. The first-order chi connectivity index (χ1) is 6.37. The minimum atomic E-state index is -1.58. The van der Waals surface area contributed by atoms with Crippen LogP contribution in [0.15, 0.2) is 11.8 Å². The van der Waals surface area contributed by atoms with Crippen molar-refractivity contribution in [2.45, 2.75) is 38.5 Å². The lowest BCUT2D eigenvalue weighted by Crippen LogP contribution is -2.24. The molecule has 0 saturated heterocycles. The monoisotopic (exact) mass is 231 g/mol. The van der Waals surface area contributed by atoms with Crippen LogP contribution >= 0.6 is 0 Å². The summed E-state index contributed by atoms with van der Waals surface area (Å²) in [6.07, 6.45) is 3.37. The van der Waals surface area contributed by atoms with Crippen molar-refractivity contribution >= 4 is 24.5 Å². The molecule has 0 rings (SSSR count). The summed E-state index contributed by atoms with van der Waals surface area (Å²) >= 11 is 0. The summed E-state index contributed by atoms with van der Waals surface area (Å²) in [6, 6.07) is 1.19. The van der Waals surface area contributed by atoms with Crippen LogP contribution in [0.25, 0.3) is 0 Å². The second kappa shape index (κ2) is 6.03. The van der Waals surface area contributed by atoms with Crippen LogP contribution in [0.4, 0.5) is 0 Å². The maximum atomic E-state index is 11.0. The molecule has 0 aliphatic heterocycles. The van der Waals surface area contributed by atoms with Crippen LogP contribution in [-0.4, -0.2) is 24.5 Å². The molecule has 0 aliphatic rings. The molecule has 0 saturated carbocycles. The second-order valence-electron chi connectivity index (χ2n) is 4.34. The number of carbonyl (C=O) groups excluding carboxylic acids is 1. The first-order valence-electron chi connectivity index (χ1n) is 5.03. The third-order valence-electron chi connectivity index (χ3n) is 1.67. The maximum absolute atomic E-state index is 11.0. The fourth-order valence-electron chi connectivity index (χ4n) is 0.855. The zero-order valence-electron chi connectivity index (χ0n) is 9.59. The summed E-state index contributed by atoms with van der Waals surface area (Å²) in [4.78, 5) is 11.0. The van der Waals surface area contributed by atoms with Gasteiger partial charge < -0.3 is 10.2 Å². The summed E-state index contributed by atoms with van der Waals surface area (Å²) in [6.45, 7) is 6.23. The molecular weight excluding hydrogens is 210 g/mol. The minimum absolute atomic E-state index is 0.349. The van der Waals surface area contributed by atoms with Gasteiger partial charge in [-0.1, -0.05) is 12.5 Å². The standard InChI is InChI=1S/C9H21NO2Si2/c1-14(2,3)12-7-8(9(10)11)5-4-6-13/h7H,4-6H2,1-3,13H3,(H2,10,11). The lowest BCUT2D eigenvalue weighted by molar-refractivity contribution is -0.114. The Morgan fingerprint density at radius 1 is 1.50 bits per heavy atom. The van der Waals surface area contributed by atoms with Gasteiger partial charge >= 0.3 is 0 Å². The molecule has 3 nitrogen and oxygen atoms in total. The van der Waals surface area contributed by atoms with Crippen LogP contribution in [0.1, 0.15) is 12.8 Å². The van der Waals surface area contributed by atoms with Gasteiger partial charge in [-0.2, -0.15) is 0 Å². The van der Waals surface area contributed by atoms with Gasteiger partial charge in [-0.05, 0) is 26.1 Å². The Hall–Kier alpha value is -0.556. The quantitative estimate of drug-likeness (QED) is 0.417. The lowest BCUT2D eigenvalue weighted by atomic mass is 10.1. The highest BCUT2D eigenvalue weighted by molar-refractivity contribution is 6.69. The largest absolute Gasteiger partial charge is 0.549 e. The predicted molar refractivity (Wildman–Crippen MR) is 65.7 cm³/mol. The summed E-state index contributed by atoms with van der Waals surface area (Å²) in [7, 11) is -0.406. The molecule has 0 aromatic heterocycles. The number of primary amides is 1. The molecule has 82 valence electrons. The first-order valence-corrected chi connectivity index (χ1v) is 9.85. The van der Waals surface area contributed by atoms with Crippen molar-refractivity contribution in [3.63, 3.8) is 0 Å². The van der Waals surface area contributed by atoms with Gasteiger partial charge in [0.1, 0.15) is 0 Å². The van der Waals surface area contributed by atoms with E-state index in [-0.39, 0.29) is 5.91 Å². The molecule has 0 aliphatic carbocycles. The number of nitrogens with two attached hydrogens (primary N) is 1. The van der Waals surface area contributed by atoms with E-state index < -0.39 is 8.32 Å². The Morgan fingerprint density at radius 3 is 2.43 bits per heavy atom. The second-order valence-corrected chi connectivity index (χ2v) is 9.80. The average molecular weight is 231 g/mol. The molecule has 5 heteroatoms. The zero-order chi connectivity index (χ0) is 11.2. The van der Waals surface area contributed by atoms with Gasteiger partial charge in [0.2, 0.25) is 14.2 Å². The highest BCUT2D eigenvalue weighted by atomic mass is 28.4. The van der Waals surface area contributed by atoms with E-state index in [1.807, 2.05) is 0 Å². The third-order valence-corrected chi connectivity index (χ3v) is 3.20. The topological polar surface area (TPSA) is 52.3 Å². The molecule has 0 bridgehead atoms. The first kappa shape index (κ1) is 13.4. The smallest absolute Gasteiger partial charge is 0.247 e. The van der Waals surface area contributed by atoms with Crippen molar-refractivity contribution in [3.05, 3.63) is 11.8 Å². The van der Waals surface area contributed by atoms with Gasteiger partial charge in [-0.15, -0.1) is 0 Å². The number of hydrogen-bond donors (Lipinski definition) is 1. The maximum Gasteiger partial charge on any atom is 0.247 e. The molecule has 0 fully saturated rings. The van der Waals surface area contributed by atoms with E-state index in [2.05, 4.69) is 19.6 Å². The van der Waals surface area contributed by atoms with E-state index in [9.17, 15) is 4.79 Å². The van der Waals surface area contributed by atoms with E-state index in [0.29, 0.717) is 5.57 Å². The van der Waals surface area contributed by atoms with E-state index in [1.54, 1.807) is 6.26 Å². The predicted octanol–water partition coefficient (Wildman–Crippen LogP) is 0.771. The summed E-state index contributed by atoms with van der Waals surface area (Å²) in [5, 5.41) is 0. The van der Waals surface area contributed by atoms with E-state index in [4.69, 9.17) is 10.2 Å². The van der Waals surface area contributed by atoms with Gasteiger partial charge in [-0.3, -0.25) is 4.79 Å². The van der Waals surface area contributed by atoms with Gasteiger partial charge in [0.25, 0.3) is 0 Å². The van der Waals surface area contributed by atoms with E-state index in [1.165, 1.54) is 16.3 Å². The molecule has 0 aromatic carbocycles. The van der Waals surface area contributed by atoms with Gasteiger partial charge in [0.15, 0.2) is 0 Å². The molecule has 0 aromatic rings. The summed E-state index contributed by atoms with van der Waals surface area (Å²) in [5.74, 6) is -0.349. The number of rotatable bonds is 6. The lowest BCUT2D eigenvalue weighted by Gasteiger charge is -2.16. The van der Waals surface area contributed by atoms with Crippen molar-refractivity contribution < 1.29 is 9.22 Å². The fraction of sp³-hybridized carbons (Fsp3) is 0.667. The highest BCUT2D eigenvalue weighted by Crippen LogP contribution is 2.10. The van der Waals surface area contributed by atoms with Gasteiger partial charge in [0.05, 0.1) is 6.26 Å². The van der Waals surface area contributed by atoms with E-state index in [0.717, 1.165) is 12.8 Å². The van der Waals surface area contributed by atoms with Crippen molar-refractivity contribution in [3.8, 4) is 0 Å². The third kappa shape index (κ3) is 6.91. The van der Waals surface area contributed by atoms with Gasteiger partial charge in [-0.25, -0.2) is 0 Å². The van der Waals surface area contributed by atoms with Crippen LogP contribution < -0.4 is 5.73 Å². The Labute approximate surface area is 90.3 Å². The van der Waals surface area contributed by atoms with Crippen LogP contribution in [-0.2, 0) is 9.22 Å². The Morgan fingerprint density at radius 2 is 2.07 bits per heavy atom. The molecule has 0 heterocycles. The van der Waals surface area contributed by atoms with Crippen molar-refractivity contribution in [2.75, 3.05) is 0 Å². The SMILES string of the molecule is C[Si](C)(C)OC=C(CCC[SiH3])C(N)=O. The van der Waals surface area contributed by atoms with Crippen molar-refractivity contribution in [1.82, 2.24) is 0 Å². The van der Waals surface area contributed by atoms with Gasteiger partial charge in [0, 0.05) is 15.8 Å².